The second-order valence-electron chi connectivity index (χ2n) is 10.2. The van der Waals surface area contributed by atoms with E-state index in [-0.39, 0.29) is 11.7 Å². The van der Waals surface area contributed by atoms with E-state index in [0.29, 0.717) is 27.9 Å². The van der Waals surface area contributed by atoms with E-state index in [0.717, 1.165) is 36.8 Å². The third-order valence-electron chi connectivity index (χ3n) is 7.60. The lowest BCUT2D eigenvalue weighted by molar-refractivity contribution is -0.114. The molecule has 0 spiro atoms. The number of ketones is 1. The normalized spacial score (nSPS) is 21.3. The molecule has 1 unspecified atom stereocenters. The molecule has 0 aromatic heterocycles. The molecule has 168 valence electrons. The SMILES string of the molecule is CC(C)[Si](/C=C1\C(=O)C(OC(=O)c2ccccc2)=C2CCCCCC21)(C(C)C)C(C)C. The standard InChI is InChI=1S/C27H38O3Si/c1-18(2)31(19(3)4,20(5)6)17-24-22-15-11-8-12-16-23(22)26(25(24)28)30-27(29)21-13-9-7-10-14-21/h7,9-10,13-14,17-20,22H,8,11-12,15-16H2,1-6H3/b24-17-. The molecule has 31 heavy (non-hydrogen) atoms. The fourth-order valence-corrected chi connectivity index (χ4v) is 11.9. The lowest BCUT2D eigenvalue weighted by atomic mass is 9.93. The Hall–Kier alpha value is -1.94. The predicted octanol–water partition coefficient (Wildman–Crippen LogP) is 7.40. The summed E-state index contributed by atoms with van der Waals surface area (Å²) in [6, 6.07) is 8.98. The Kier molecular flexibility index (Phi) is 7.41. The van der Waals surface area contributed by atoms with Crippen molar-refractivity contribution in [1.82, 2.24) is 0 Å². The number of benzene rings is 1. The van der Waals surface area contributed by atoms with Gasteiger partial charge >= 0.3 is 5.97 Å². The lowest BCUT2D eigenvalue weighted by Crippen LogP contribution is -2.43. The highest BCUT2D eigenvalue weighted by molar-refractivity contribution is 6.88. The van der Waals surface area contributed by atoms with Gasteiger partial charge in [0.05, 0.1) is 13.6 Å². The van der Waals surface area contributed by atoms with E-state index in [2.05, 4.69) is 47.2 Å². The fourth-order valence-electron chi connectivity index (χ4n) is 6.01. The van der Waals surface area contributed by atoms with Gasteiger partial charge in [-0.1, -0.05) is 78.3 Å². The molecule has 2 aliphatic carbocycles. The molecule has 0 N–H and O–H groups in total. The molecule has 1 aromatic carbocycles. The lowest BCUT2D eigenvalue weighted by Gasteiger charge is -2.41. The van der Waals surface area contributed by atoms with Crippen LogP contribution >= 0.6 is 0 Å². The van der Waals surface area contributed by atoms with Gasteiger partial charge in [0, 0.05) is 11.5 Å². The van der Waals surface area contributed by atoms with Gasteiger partial charge in [0.15, 0.2) is 5.76 Å². The number of allylic oxidation sites excluding steroid dienone is 2. The second-order valence-corrected chi connectivity index (χ2v) is 15.9. The molecule has 0 bridgehead atoms. The van der Waals surface area contributed by atoms with Crippen LogP contribution < -0.4 is 0 Å². The minimum absolute atomic E-state index is 0.0370. The summed E-state index contributed by atoms with van der Waals surface area (Å²) >= 11 is 0. The van der Waals surface area contributed by atoms with Gasteiger partial charge in [-0.2, -0.15) is 0 Å². The van der Waals surface area contributed by atoms with Crippen LogP contribution in [0.4, 0.5) is 0 Å². The molecule has 0 aliphatic heterocycles. The van der Waals surface area contributed by atoms with E-state index in [9.17, 15) is 9.59 Å². The highest BCUT2D eigenvalue weighted by atomic mass is 28.3. The third kappa shape index (κ3) is 4.50. The van der Waals surface area contributed by atoms with E-state index >= 15 is 0 Å². The summed E-state index contributed by atoms with van der Waals surface area (Å²) in [6.07, 6.45) is 5.18. The van der Waals surface area contributed by atoms with Crippen molar-refractivity contribution in [2.24, 2.45) is 5.92 Å². The van der Waals surface area contributed by atoms with Crippen molar-refractivity contribution in [2.45, 2.75) is 90.3 Å². The van der Waals surface area contributed by atoms with E-state index in [1.54, 1.807) is 12.1 Å². The molecule has 1 fully saturated rings. The van der Waals surface area contributed by atoms with Crippen LogP contribution in [0.15, 0.2) is 52.9 Å². The molecule has 0 amide bonds. The van der Waals surface area contributed by atoms with Crippen molar-refractivity contribution in [3.8, 4) is 0 Å². The number of hydrogen-bond donors (Lipinski definition) is 0. The zero-order chi connectivity index (χ0) is 22.8. The van der Waals surface area contributed by atoms with E-state index < -0.39 is 14.0 Å². The molecule has 2 aliphatic rings. The van der Waals surface area contributed by atoms with Crippen LogP contribution in [-0.2, 0) is 9.53 Å². The van der Waals surface area contributed by atoms with Crippen molar-refractivity contribution in [3.63, 3.8) is 0 Å². The monoisotopic (exact) mass is 438 g/mol. The van der Waals surface area contributed by atoms with Gasteiger partial charge in [0.25, 0.3) is 0 Å². The maximum absolute atomic E-state index is 13.7. The molecule has 0 heterocycles. The molecule has 3 nitrogen and oxygen atoms in total. The first kappa shape index (κ1) is 23.7. The average molecular weight is 439 g/mol. The average Bonchev–Trinajstić information content (AvgIpc) is 2.88. The summed E-state index contributed by atoms with van der Waals surface area (Å²) in [7, 11) is -1.91. The van der Waals surface area contributed by atoms with E-state index in [1.807, 2.05) is 18.2 Å². The summed E-state index contributed by atoms with van der Waals surface area (Å²) in [5.74, 6) is -0.0198. The number of hydrogen-bond acceptors (Lipinski definition) is 3. The van der Waals surface area contributed by atoms with Crippen LogP contribution in [0.2, 0.25) is 16.6 Å². The Bertz CT molecular complexity index is 855. The molecule has 1 atom stereocenters. The minimum Gasteiger partial charge on any atom is -0.419 e. The van der Waals surface area contributed by atoms with Gasteiger partial charge in [0.2, 0.25) is 5.78 Å². The summed E-state index contributed by atoms with van der Waals surface area (Å²) in [6.45, 7) is 13.9. The maximum Gasteiger partial charge on any atom is 0.343 e. The Labute approximate surface area is 189 Å². The predicted molar refractivity (Wildman–Crippen MR) is 130 cm³/mol. The van der Waals surface area contributed by atoms with Gasteiger partial charge in [-0.05, 0) is 53.6 Å². The number of ether oxygens (including phenoxy) is 1. The number of rotatable bonds is 6. The van der Waals surface area contributed by atoms with Crippen molar-refractivity contribution >= 4 is 19.8 Å². The Balaban J connectivity index is 2.05. The molecule has 4 heteroatoms. The molecular weight excluding hydrogens is 400 g/mol. The first-order valence-electron chi connectivity index (χ1n) is 12.0. The van der Waals surface area contributed by atoms with Crippen LogP contribution in [0.1, 0.15) is 84.0 Å². The van der Waals surface area contributed by atoms with Gasteiger partial charge in [-0.15, -0.1) is 0 Å². The molecule has 1 aromatic rings. The Morgan fingerprint density at radius 1 is 0.968 bits per heavy atom. The van der Waals surface area contributed by atoms with Crippen LogP contribution in [0.3, 0.4) is 0 Å². The number of carbonyl (C=O) groups excluding carboxylic acids is 2. The van der Waals surface area contributed by atoms with E-state index in [1.165, 1.54) is 6.42 Å². The van der Waals surface area contributed by atoms with Crippen LogP contribution in [0.25, 0.3) is 0 Å². The van der Waals surface area contributed by atoms with Gasteiger partial charge in [-0.25, -0.2) is 4.79 Å². The number of esters is 1. The van der Waals surface area contributed by atoms with Gasteiger partial charge in [-0.3, -0.25) is 4.79 Å². The third-order valence-corrected chi connectivity index (χ3v) is 14.4. The molecular formula is C27H38O3Si. The van der Waals surface area contributed by atoms with Crippen molar-refractivity contribution in [3.05, 3.63) is 58.5 Å². The summed E-state index contributed by atoms with van der Waals surface area (Å²) in [5.41, 5.74) is 6.53. The largest absolute Gasteiger partial charge is 0.419 e. The van der Waals surface area contributed by atoms with E-state index in [4.69, 9.17) is 4.74 Å². The fraction of sp³-hybridized carbons (Fsp3) is 0.556. The Morgan fingerprint density at radius 3 is 2.16 bits per heavy atom. The van der Waals surface area contributed by atoms with Crippen LogP contribution in [0.5, 0.6) is 0 Å². The summed E-state index contributed by atoms with van der Waals surface area (Å²) in [4.78, 5) is 26.5. The maximum atomic E-state index is 13.7. The number of Topliss-reactive ketones (excluding diaryl/α,β-unsaturated/α-hetero) is 1. The zero-order valence-electron chi connectivity index (χ0n) is 20.0. The smallest absolute Gasteiger partial charge is 0.343 e. The van der Waals surface area contributed by atoms with Crippen LogP contribution in [0, 0.1) is 5.92 Å². The van der Waals surface area contributed by atoms with Crippen molar-refractivity contribution < 1.29 is 14.3 Å². The van der Waals surface area contributed by atoms with Crippen molar-refractivity contribution in [2.75, 3.05) is 0 Å². The van der Waals surface area contributed by atoms with Crippen molar-refractivity contribution in [1.29, 1.82) is 0 Å². The summed E-state index contributed by atoms with van der Waals surface area (Å²) < 4.78 is 5.83. The topological polar surface area (TPSA) is 43.4 Å². The minimum atomic E-state index is -1.91. The quantitative estimate of drug-likeness (QED) is 0.264. The van der Waals surface area contributed by atoms with Gasteiger partial charge in [0.1, 0.15) is 0 Å². The molecule has 0 saturated heterocycles. The first-order valence-corrected chi connectivity index (χ1v) is 14.3. The molecule has 0 radical (unpaired) electrons. The molecule has 1 saturated carbocycles. The zero-order valence-corrected chi connectivity index (χ0v) is 21.0. The second kappa shape index (κ2) is 9.68. The number of carbonyl (C=O) groups is 2. The highest BCUT2D eigenvalue weighted by Crippen LogP contribution is 2.48. The Morgan fingerprint density at radius 2 is 1.58 bits per heavy atom. The van der Waals surface area contributed by atoms with Gasteiger partial charge < -0.3 is 4.74 Å². The molecule has 3 rings (SSSR count). The highest BCUT2D eigenvalue weighted by Gasteiger charge is 2.46. The number of fused-ring (bicyclic) bond motifs is 1. The van der Waals surface area contributed by atoms with Crippen LogP contribution in [-0.4, -0.2) is 19.8 Å². The summed E-state index contributed by atoms with van der Waals surface area (Å²) in [5, 5.41) is 0. The first-order chi connectivity index (χ1) is 14.7.